The lowest BCUT2D eigenvalue weighted by Gasteiger charge is -2.22. The van der Waals surface area contributed by atoms with E-state index in [1.54, 1.807) is 17.0 Å². The molecule has 1 aromatic heterocycles. The largest absolute Gasteiger partial charge is 0.484 e. The monoisotopic (exact) mass is 392 g/mol. The molecule has 4 rings (SSSR count). The number of nitrogens with zero attached hydrogens (tertiary/aromatic N) is 2. The standard InChI is InChI=1S/C22H17FN2O2S/c1-15-7-2-4-11-19(15)25(22-24-18-10-3-5-12-20(18)28-22)21(26)14-27-17-9-6-8-16(23)13-17/h2-13H,14H2,1H3. The van der Waals surface area contributed by atoms with E-state index in [-0.39, 0.29) is 12.5 Å². The molecule has 4 nitrogen and oxygen atoms in total. The van der Waals surface area contributed by atoms with Crippen LogP contribution in [0.3, 0.4) is 0 Å². The summed E-state index contributed by atoms with van der Waals surface area (Å²) in [5.41, 5.74) is 2.52. The van der Waals surface area contributed by atoms with E-state index in [0.717, 1.165) is 21.5 Å². The molecule has 6 heteroatoms. The molecular formula is C22H17FN2O2S. The molecule has 1 amide bonds. The fourth-order valence-corrected chi connectivity index (χ4v) is 3.88. The molecule has 0 aliphatic rings. The van der Waals surface area contributed by atoms with Gasteiger partial charge in [0.15, 0.2) is 11.7 Å². The minimum atomic E-state index is -0.410. The Morgan fingerprint density at radius 1 is 1.07 bits per heavy atom. The van der Waals surface area contributed by atoms with E-state index >= 15 is 0 Å². The van der Waals surface area contributed by atoms with Crippen LogP contribution in [-0.4, -0.2) is 17.5 Å². The van der Waals surface area contributed by atoms with Crippen LogP contribution < -0.4 is 9.64 Å². The Morgan fingerprint density at radius 2 is 1.86 bits per heavy atom. The van der Waals surface area contributed by atoms with Crippen LogP contribution in [0.2, 0.25) is 0 Å². The van der Waals surface area contributed by atoms with Crippen molar-refractivity contribution in [1.29, 1.82) is 0 Å². The number of carbonyl (C=O) groups is 1. The second kappa shape index (κ2) is 7.78. The number of hydrogen-bond donors (Lipinski definition) is 0. The third-order valence-electron chi connectivity index (χ3n) is 4.24. The van der Waals surface area contributed by atoms with Crippen molar-refractivity contribution in [2.45, 2.75) is 6.92 Å². The predicted octanol–water partition coefficient (Wildman–Crippen LogP) is 5.49. The van der Waals surface area contributed by atoms with Crippen LogP contribution in [0.4, 0.5) is 15.2 Å². The molecule has 0 N–H and O–H groups in total. The number of thiazole rings is 1. The molecule has 0 fully saturated rings. The summed E-state index contributed by atoms with van der Waals surface area (Å²) < 4.78 is 19.9. The Hall–Kier alpha value is -3.25. The van der Waals surface area contributed by atoms with Crippen LogP contribution in [0.15, 0.2) is 72.8 Å². The summed E-state index contributed by atoms with van der Waals surface area (Å²) in [6.45, 7) is 1.71. The quantitative estimate of drug-likeness (QED) is 0.451. The normalized spacial score (nSPS) is 10.8. The topological polar surface area (TPSA) is 42.4 Å². The fourth-order valence-electron chi connectivity index (χ4n) is 2.88. The molecule has 0 saturated heterocycles. The maximum Gasteiger partial charge on any atom is 0.271 e. The Morgan fingerprint density at radius 3 is 2.64 bits per heavy atom. The molecule has 0 atom stereocenters. The van der Waals surface area contributed by atoms with E-state index in [9.17, 15) is 9.18 Å². The molecule has 140 valence electrons. The van der Waals surface area contributed by atoms with Crippen molar-refractivity contribution in [3.63, 3.8) is 0 Å². The summed E-state index contributed by atoms with van der Waals surface area (Å²) in [7, 11) is 0. The molecule has 0 spiro atoms. The van der Waals surface area contributed by atoms with Crippen LogP contribution in [0.25, 0.3) is 10.2 Å². The minimum absolute atomic E-state index is 0.228. The number of ether oxygens (including phenoxy) is 1. The number of carbonyl (C=O) groups excluding carboxylic acids is 1. The average molecular weight is 392 g/mol. The SMILES string of the molecule is Cc1ccccc1N(C(=O)COc1cccc(F)c1)c1nc2ccccc2s1. The number of benzene rings is 3. The van der Waals surface area contributed by atoms with E-state index in [1.165, 1.54) is 23.5 Å². The zero-order chi connectivity index (χ0) is 19.5. The highest BCUT2D eigenvalue weighted by Crippen LogP contribution is 2.35. The van der Waals surface area contributed by atoms with Crippen molar-refractivity contribution in [3.8, 4) is 5.75 Å². The number of fused-ring (bicyclic) bond motifs is 1. The van der Waals surface area contributed by atoms with Gasteiger partial charge in [-0.05, 0) is 42.8 Å². The van der Waals surface area contributed by atoms with Crippen LogP contribution in [0.5, 0.6) is 5.75 Å². The van der Waals surface area contributed by atoms with Gasteiger partial charge in [-0.1, -0.05) is 47.7 Å². The number of anilines is 2. The van der Waals surface area contributed by atoms with Gasteiger partial charge in [-0.25, -0.2) is 9.37 Å². The Balaban J connectivity index is 1.68. The first kappa shape index (κ1) is 18.1. The second-order valence-electron chi connectivity index (χ2n) is 6.23. The highest BCUT2D eigenvalue weighted by atomic mass is 32.1. The predicted molar refractivity (Wildman–Crippen MR) is 110 cm³/mol. The van der Waals surface area contributed by atoms with Gasteiger partial charge in [0.1, 0.15) is 11.6 Å². The highest BCUT2D eigenvalue weighted by Gasteiger charge is 2.23. The van der Waals surface area contributed by atoms with Gasteiger partial charge in [0, 0.05) is 6.07 Å². The lowest BCUT2D eigenvalue weighted by atomic mass is 10.2. The summed E-state index contributed by atoms with van der Waals surface area (Å²) in [5, 5.41) is 0.573. The summed E-state index contributed by atoms with van der Waals surface area (Å²) in [6.07, 6.45) is 0. The van der Waals surface area contributed by atoms with Crippen molar-refractivity contribution < 1.29 is 13.9 Å². The first-order valence-electron chi connectivity index (χ1n) is 8.74. The summed E-state index contributed by atoms with van der Waals surface area (Å²) in [6, 6.07) is 21.1. The van der Waals surface area contributed by atoms with E-state index in [1.807, 2.05) is 55.5 Å². The molecular weight excluding hydrogens is 375 g/mol. The van der Waals surface area contributed by atoms with Gasteiger partial charge < -0.3 is 4.74 Å². The van der Waals surface area contributed by atoms with E-state index < -0.39 is 5.82 Å². The highest BCUT2D eigenvalue weighted by molar-refractivity contribution is 7.22. The molecule has 4 aromatic rings. The van der Waals surface area contributed by atoms with Gasteiger partial charge in [0.2, 0.25) is 0 Å². The van der Waals surface area contributed by atoms with Crippen molar-refractivity contribution in [1.82, 2.24) is 4.98 Å². The van der Waals surface area contributed by atoms with Gasteiger partial charge >= 0.3 is 0 Å². The van der Waals surface area contributed by atoms with Crippen molar-refractivity contribution >= 4 is 38.3 Å². The van der Waals surface area contributed by atoms with Gasteiger partial charge in [-0.15, -0.1) is 0 Å². The van der Waals surface area contributed by atoms with Gasteiger partial charge in [0.25, 0.3) is 5.91 Å². The Bertz CT molecular complexity index is 1110. The minimum Gasteiger partial charge on any atom is -0.484 e. The number of rotatable bonds is 5. The molecule has 0 radical (unpaired) electrons. The fraction of sp³-hybridized carbons (Fsp3) is 0.0909. The van der Waals surface area contributed by atoms with Crippen molar-refractivity contribution in [2.24, 2.45) is 0 Å². The van der Waals surface area contributed by atoms with Crippen LogP contribution in [-0.2, 0) is 4.79 Å². The maximum atomic E-state index is 13.4. The smallest absolute Gasteiger partial charge is 0.271 e. The lowest BCUT2D eigenvalue weighted by Crippen LogP contribution is -2.31. The summed E-state index contributed by atoms with van der Waals surface area (Å²) in [4.78, 5) is 19.3. The Labute approximate surface area is 165 Å². The summed E-state index contributed by atoms with van der Waals surface area (Å²) in [5.74, 6) is -0.383. The first-order valence-corrected chi connectivity index (χ1v) is 9.56. The summed E-state index contributed by atoms with van der Waals surface area (Å²) >= 11 is 1.44. The van der Waals surface area contributed by atoms with E-state index in [4.69, 9.17) is 4.74 Å². The molecule has 0 saturated carbocycles. The number of para-hydroxylation sites is 2. The van der Waals surface area contributed by atoms with Crippen LogP contribution >= 0.6 is 11.3 Å². The lowest BCUT2D eigenvalue weighted by molar-refractivity contribution is -0.119. The molecule has 0 aliphatic heterocycles. The van der Waals surface area contributed by atoms with E-state index in [2.05, 4.69) is 4.98 Å². The number of hydrogen-bond acceptors (Lipinski definition) is 4. The number of amides is 1. The van der Waals surface area contributed by atoms with Gasteiger partial charge in [-0.3, -0.25) is 9.69 Å². The van der Waals surface area contributed by atoms with Crippen molar-refractivity contribution in [3.05, 3.63) is 84.2 Å². The van der Waals surface area contributed by atoms with Crippen LogP contribution in [0, 0.1) is 12.7 Å². The van der Waals surface area contributed by atoms with Crippen LogP contribution in [0.1, 0.15) is 5.56 Å². The second-order valence-corrected chi connectivity index (χ2v) is 7.23. The maximum absolute atomic E-state index is 13.4. The zero-order valence-electron chi connectivity index (χ0n) is 15.1. The molecule has 0 unspecified atom stereocenters. The number of aryl methyl sites for hydroxylation is 1. The van der Waals surface area contributed by atoms with Gasteiger partial charge in [0.05, 0.1) is 15.9 Å². The molecule has 28 heavy (non-hydrogen) atoms. The van der Waals surface area contributed by atoms with Gasteiger partial charge in [-0.2, -0.15) is 0 Å². The molecule has 3 aromatic carbocycles. The van der Waals surface area contributed by atoms with Crippen molar-refractivity contribution in [2.75, 3.05) is 11.5 Å². The molecule has 0 bridgehead atoms. The zero-order valence-corrected chi connectivity index (χ0v) is 15.9. The average Bonchev–Trinajstić information content (AvgIpc) is 3.12. The molecule has 0 aliphatic carbocycles. The number of halogens is 1. The third kappa shape index (κ3) is 3.73. The van der Waals surface area contributed by atoms with E-state index in [0.29, 0.717) is 10.9 Å². The number of aromatic nitrogens is 1. The third-order valence-corrected chi connectivity index (χ3v) is 5.26. The molecule has 1 heterocycles. The Kier molecular flexibility index (Phi) is 5.04. The first-order chi connectivity index (χ1) is 13.6.